The Hall–Kier alpha value is -6.76. The second-order valence-corrected chi connectivity index (χ2v) is 16.3. The summed E-state index contributed by atoms with van der Waals surface area (Å²) in [7, 11) is 1.66. The molecular weight excluding hydrogens is 801 g/mol. The molecule has 0 bridgehead atoms. The number of benzene rings is 6. The third-order valence-corrected chi connectivity index (χ3v) is 11.8. The quantitative estimate of drug-likeness (QED) is 0.0668. The molecule has 12 heteroatoms. The van der Waals surface area contributed by atoms with Crippen LogP contribution in [0.3, 0.4) is 0 Å². The smallest absolute Gasteiger partial charge is 0.251 e. The molecule has 0 aliphatic heterocycles. The first-order valence-electron chi connectivity index (χ1n) is 20.3. The van der Waals surface area contributed by atoms with E-state index in [2.05, 4.69) is 54.3 Å². The molecule has 0 atom stereocenters. The molecule has 0 aliphatic rings. The number of aromatic nitrogens is 2. The first-order valence-corrected chi connectivity index (χ1v) is 21.8. The van der Waals surface area contributed by atoms with E-state index in [9.17, 15) is 9.59 Å². The number of carbonyl (C=O) groups is 2. The molecular formula is C49H46N6O4S2. The third-order valence-electron chi connectivity index (χ3n) is 10.2. The highest BCUT2D eigenvalue weighted by molar-refractivity contribution is 7.14. The second-order valence-electron chi connectivity index (χ2n) is 14.7. The molecule has 0 spiro atoms. The van der Waals surface area contributed by atoms with Crippen molar-refractivity contribution in [1.29, 1.82) is 0 Å². The number of amides is 2. The summed E-state index contributed by atoms with van der Waals surface area (Å²) in [6.45, 7) is 6.21. The molecule has 0 saturated heterocycles. The Morgan fingerprint density at radius 1 is 0.574 bits per heavy atom. The van der Waals surface area contributed by atoms with Crippen LogP contribution in [0.4, 0.5) is 11.6 Å². The molecule has 8 aromatic rings. The fraction of sp³-hybridized carbons (Fsp3) is 0.184. The van der Waals surface area contributed by atoms with Crippen LogP contribution in [0.25, 0.3) is 53.6 Å². The molecule has 2 amide bonds. The Kier molecular flexibility index (Phi) is 12.8. The summed E-state index contributed by atoms with van der Waals surface area (Å²) in [6.07, 6.45) is 0.674. The number of rotatable bonds is 17. The van der Waals surface area contributed by atoms with E-state index < -0.39 is 0 Å². The third kappa shape index (κ3) is 9.51. The zero-order valence-corrected chi connectivity index (χ0v) is 35.8. The molecule has 8 rings (SSSR count). The van der Waals surface area contributed by atoms with Gasteiger partial charge < -0.3 is 30.7 Å². The van der Waals surface area contributed by atoms with Gasteiger partial charge in [-0.25, -0.2) is 0 Å². The predicted octanol–water partition coefficient (Wildman–Crippen LogP) is 10.8. The van der Waals surface area contributed by atoms with Gasteiger partial charge in [0.2, 0.25) is 0 Å². The molecule has 0 aliphatic carbocycles. The number of nitrogens with zero attached hydrogens (tertiary/aromatic N) is 2. The summed E-state index contributed by atoms with van der Waals surface area (Å²) >= 11 is 2.93. The number of anilines is 2. The average Bonchev–Trinajstić information content (AvgIpc) is 3.91. The van der Waals surface area contributed by atoms with Crippen molar-refractivity contribution in [2.24, 2.45) is 0 Å². The van der Waals surface area contributed by atoms with Gasteiger partial charge in [-0.1, -0.05) is 66.7 Å². The molecule has 10 nitrogen and oxygen atoms in total. The zero-order chi connectivity index (χ0) is 42.1. The lowest BCUT2D eigenvalue weighted by molar-refractivity contribution is 0.0946. The lowest BCUT2D eigenvalue weighted by atomic mass is 9.90. The van der Waals surface area contributed by atoms with Crippen molar-refractivity contribution in [3.63, 3.8) is 0 Å². The highest BCUT2D eigenvalue weighted by Gasteiger charge is 2.20. The first kappa shape index (κ1) is 41.0. The molecule has 61 heavy (non-hydrogen) atoms. The molecule has 2 heterocycles. The van der Waals surface area contributed by atoms with Gasteiger partial charge in [0.1, 0.15) is 23.1 Å². The van der Waals surface area contributed by atoms with Crippen molar-refractivity contribution in [2.45, 2.75) is 26.4 Å². The lowest BCUT2D eigenvalue weighted by Crippen LogP contribution is -2.28. The maximum atomic E-state index is 13.3. The van der Waals surface area contributed by atoms with Crippen LogP contribution in [0.15, 0.2) is 133 Å². The summed E-state index contributed by atoms with van der Waals surface area (Å²) in [4.78, 5) is 26.5. The van der Waals surface area contributed by atoms with Gasteiger partial charge >= 0.3 is 0 Å². The van der Waals surface area contributed by atoms with Gasteiger partial charge in [-0.05, 0) is 132 Å². The SMILES string of the molecule is COc1ccc(-c2cccc(C(=O)NCCCNc3nsc4ccccc34)c2)cc1-c1cccc(OC(C)C)c1-c1ccc(C(=O)NCCNc2nsc3ccccc23)cc1. The standard InChI is InChI=1S/C49H46N6O4S2/c1-31(2)59-42-16-9-15-37(45(42)32-19-21-33(22-20-32)48(56)53-28-27-51-47-39-14-5-7-18-44(39)61-55-47)40-30-35(23-24-41(40)58-3)34-11-8-12-36(29-34)49(57)52-26-10-25-50-46-38-13-4-6-17-43(38)60-54-46/h4-9,11-24,29-31H,10,25-28H2,1-3H3,(H,50,54)(H,51,55)(H,52,57)(H,53,56). The van der Waals surface area contributed by atoms with Crippen LogP contribution >= 0.6 is 23.1 Å². The monoisotopic (exact) mass is 846 g/mol. The van der Waals surface area contributed by atoms with Crippen LogP contribution in [-0.4, -0.2) is 60.0 Å². The van der Waals surface area contributed by atoms with Gasteiger partial charge in [0.15, 0.2) is 0 Å². The maximum absolute atomic E-state index is 13.3. The summed E-state index contributed by atoms with van der Waals surface area (Å²) in [5, 5.41) is 15.0. The van der Waals surface area contributed by atoms with Crippen molar-refractivity contribution in [3.8, 4) is 44.9 Å². The van der Waals surface area contributed by atoms with Crippen LogP contribution in [0.2, 0.25) is 0 Å². The van der Waals surface area contributed by atoms with E-state index >= 15 is 0 Å². The summed E-state index contributed by atoms with van der Waals surface area (Å²) < 4.78 is 23.6. The van der Waals surface area contributed by atoms with Gasteiger partial charge in [-0.15, -0.1) is 0 Å². The van der Waals surface area contributed by atoms with Crippen LogP contribution in [-0.2, 0) is 0 Å². The Morgan fingerprint density at radius 2 is 1.20 bits per heavy atom. The molecule has 308 valence electrons. The Bertz CT molecular complexity index is 2800. The minimum atomic E-state index is -0.161. The minimum absolute atomic E-state index is 0.0772. The Morgan fingerprint density at radius 3 is 1.90 bits per heavy atom. The van der Waals surface area contributed by atoms with Crippen LogP contribution < -0.4 is 30.7 Å². The predicted molar refractivity (Wildman–Crippen MR) is 251 cm³/mol. The number of fused-ring (bicyclic) bond motifs is 2. The normalized spacial score (nSPS) is 11.1. The highest BCUT2D eigenvalue weighted by atomic mass is 32.1. The summed E-state index contributed by atoms with van der Waals surface area (Å²) in [5.74, 6) is 2.82. The van der Waals surface area contributed by atoms with Crippen LogP contribution in [0.1, 0.15) is 41.0 Å². The number of carbonyl (C=O) groups excluding carboxylic acids is 2. The largest absolute Gasteiger partial charge is 0.496 e. The van der Waals surface area contributed by atoms with Gasteiger partial charge in [-0.3, -0.25) is 9.59 Å². The molecule has 4 N–H and O–H groups in total. The molecule has 6 aromatic carbocycles. The van der Waals surface area contributed by atoms with Gasteiger partial charge in [0.05, 0.1) is 22.6 Å². The van der Waals surface area contributed by atoms with Crippen molar-refractivity contribution >= 4 is 66.7 Å². The average molecular weight is 847 g/mol. The first-order chi connectivity index (χ1) is 29.9. The Balaban J connectivity index is 0.968. The zero-order valence-electron chi connectivity index (χ0n) is 34.2. The molecule has 0 fully saturated rings. The Labute approximate surface area is 363 Å². The van der Waals surface area contributed by atoms with Crippen LogP contribution in [0, 0.1) is 0 Å². The lowest BCUT2D eigenvalue weighted by Gasteiger charge is -2.20. The number of hydrogen-bond acceptors (Lipinski definition) is 10. The highest BCUT2D eigenvalue weighted by Crippen LogP contribution is 2.44. The van der Waals surface area contributed by atoms with E-state index in [0.717, 1.165) is 71.6 Å². The van der Waals surface area contributed by atoms with E-state index in [-0.39, 0.29) is 17.9 Å². The van der Waals surface area contributed by atoms with Crippen molar-refractivity contribution < 1.29 is 19.1 Å². The maximum Gasteiger partial charge on any atom is 0.251 e. The van der Waals surface area contributed by atoms with E-state index in [1.54, 1.807) is 7.11 Å². The fourth-order valence-corrected chi connectivity index (χ4v) is 8.73. The van der Waals surface area contributed by atoms with E-state index in [0.29, 0.717) is 48.8 Å². The molecule has 0 radical (unpaired) electrons. The fourth-order valence-electron chi connectivity index (χ4n) is 7.22. The number of ether oxygens (including phenoxy) is 2. The molecule has 2 aromatic heterocycles. The second kappa shape index (κ2) is 19.1. The van der Waals surface area contributed by atoms with Crippen molar-refractivity contribution in [3.05, 3.63) is 145 Å². The van der Waals surface area contributed by atoms with Crippen molar-refractivity contribution in [1.82, 2.24) is 19.4 Å². The molecule has 0 unspecified atom stereocenters. The van der Waals surface area contributed by atoms with E-state index in [4.69, 9.17) is 9.47 Å². The van der Waals surface area contributed by atoms with E-state index in [1.165, 1.54) is 23.1 Å². The van der Waals surface area contributed by atoms with E-state index in [1.807, 2.05) is 123 Å². The summed E-state index contributed by atoms with van der Waals surface area (Å²) in [5.41, 5.74) is 6.49. The number of nitrogens with one attached hydrogen (secondary N) is 4. The van der Waals surface area contributed by atoms with Crippen LogP contribution in [0.5, 0.6) is 11.5 Å². The molecule has 0 saturated carbocycles. The number of hydrogen-bond donors (Lipinski definition) is 4. The minimum Gasteiger partial charge on any atom is -0.496 e. The van der Waals surface area contributed by atoms with Crippen molar-refractivity contribution in [2.75, 3.05) is 43.9 Å². The van der Waals surface area contributed by atoms with Gasteiger partial charge in [0.25, 0.3) is 11.8 Å². The van der Waals surface area contributed by atoms with Gasteiger partial charge in [-0.2, -0.15) is 8.75 Å². The summed E-state index contributed by atoms with van der Waals surface area (Å²) in [6, 6.07) is 43.5. The number of methoxy groups -OCH3 is 1. The van der Waals surface area contributed by atoms with Gasteiger partial charge in [0, 0.05) is 59.2 Å². The topological polar surface area (TPSA) is 127 Å².